The van der Waals surface area contributed by atoms with Crippen molar-refractivity contribution in [1.82, 2.24) is 10.2 Å². The molecule has 0 aliphatic carbocycles. The number of aryl methyl sites for hydroxylation is 2. The second kappa shape index (κ2) is 12.8. The first-order chi connectivity index (χ1) is 17.7. The molecule has 2 unspecified atom stereocenters. The number of nitrogens with zero attached hydrogens (tertiary/aromatic N) is 1. The highest BCUT2D eigenvalue weighted by atomic mass is 16.6. The molecule has 4 amide bonds. The average molecular weight is 521 g/mol. The lowest BCUT2D eigenvalue weighted by molar-refractivity contribution is -0.137. The van der Waals surface area contributed by atoms with Gasteiger partial charge in [-0.2, -0.15) is 0 Å². The standard InChI is InChI=1S/C29H36N4O5/c1-8-33(27(36)23(16-17-24(30)34)32-28(37)38-29(5,6)7)25(21-14-11-13-18(2)20(21)4)26(35)31-22-15-10-9-12-19(22)3/h1,9-15,23,25H,16-17H2,2-7H3,(H2,30,34)(H,31,35)(H,32,37). The molecule has 9 nitrogen and oxygen atoms in total. The molecule has 0 fully saturated rings. The van der Waals surface area contributed by atoms with Crippen LogP contribution in [0.25, 0.3) is 0 Å². The summed E-state index contributed by atoms with van der Waals surface area (Å²) in [6.07, 6.45) is 4.62. The highest BCUT2D eigenvalue weighted by Gasteiger charge is 2.37. The Kier molecular flexibility index (Phi) is 10.1. The number of carbonyl (C=O) groups is 4. The van der Waals surface area contributed by atoms with E-state index in [9.17, 15) is 19.2 Å². The van der Waals surface area contributed by atoms with Crippen LogP contribution in [0.15, 0.2) is 42.5 Å². The first kappa shape index (κ1) is 29.9. The van der Waals surface area contributed by atoms with Crippen LogP contribution in [0.2, 0.25) is 0 Å². The fourth-order valence-corrected chi connectivity index (χ4v) is 3.81. The number of nitrogens with one attached hydrogen (secondary N) is 2. The zero-order chi connectivity index (χ0) is 28.6. The predicted octanol–water partition coefficient (Wildman–Crippen LogP) is 3.87. The highest BCUT2D eigenvalue weighted by molar-refractivity contribution is 6.00. The van der Waals surface area contributed by atoms with E-state index in [-0.39, 0.29) is 12.8 Å². The number of alkyl carbamates (subject to hydrolysis) is 1. The predicted molar refractivity (Wildman–Crippen MR) is 146 cm³/mol. The van der Waals surface area contributed by atoms with E-state index in [2.05, 4.69) is 16.7 Å². The number of hydrogen-bond donors (Lipinski definition) is 3. The van der Waals surface area contributed by atoms with E-state index in [1.165, 1.54) is 0 Å². The van der Waals surface area contributed by atoms with Crippen LogP contribution in [0.3, 0.4) is 0 Å². The first-order valence-electron chi connectivity index (χ1n) is 12.2. The minimum atomic E-state index is -1.27. The van der Waals surface area contributed by atoms with Gasteiger partial charge >= 0.3 is 6.09 Å². The highest BCUT2D eigenvalue weighted by Crippen LogP contribution is 2.29. The summed E-state index contributed by atoms with van der Waals surface area (Å²) in [7, 11) is 0. The van der Waals surface area contributed by atoms with Gasteiger partial charge < -0.3 is 21.1 Å². The Hall–Kier alpha value is -4.32. The van der Waals surface area contributed by atoms with E-state index in [1.54, 1.807) is 45.0 Å². The maximum Gasteiger partial charge on any atom is 0.408 e. The van der Waals surface area contributed by atoms with E-state index in [0.717, 1.165) is 21.6 Å². The number of rotatable bonds is 9. The number of hydrogen-bond acceptors (Lipinski definition) is 5. The Morgan fingerprint density at radius 3 is 2.24 bits per heavy atom. The molecule has 0 bridgehead atoms. The maximum atomic E-state index is 13.8. The Morgan fingerprint density at radius 2 is 1.66 bits per heavy atom. The van der Waals surface area contributed by atoms with Gasteiger partial charge in [-0.15, -0.1) is 0 Å². The van der Waals surface area contributed by atoms with Crippen molar-refractivity contribution < 1.29 is 23.9 Å². The molecule has 0 spiro atoms. The van der Waals surface area contributed by atoms with Crippen molar-refractivity contribution in [2.24, 2.45) is 5.73 Å². The van der Waals surface area contributed by atoms with Crippen molar-refractivity contribution in [2.75, 3.05) is 5.32 Å². The summed E-state index contributed by atoms with van der Waals surface area (Å²) in [4.78, 5) is 52.5. The Labute approximate surface area is 224 Å². The molecule has 202 valence electrons. The molecule has 2 rings (SSSR count). The number of ether oxygens (including phenoxy) is 1. The molecular weight excluding hydrogens is 484 g/mol. The van der Waals surface area contributed by atoms with Crippen molar-refractivity contribution in [3.63, 3.8) is 0 Å². The number of carbonyl (C=O) groups excluding carboxylic acids is 4. The van der Waals surface area contributed by atoms with Crippen LogP contribution in [0.4, 0.5) is 10.5 Å². The maximum absolute atomic E-state index is 13.8. The molecule has 0 heterocycles. The van der Waals surface area contributed by atoms with Crippen molar-refractivity contribution in [3.8, 4) is 12.5 Å². The molecule has 9 heteroatoms. The second-order valence-electron chi connectivity index (χ2n) is 10.0. The number of amides is 4. The van der Waals surface area contributed by atoms with Crippen LogP contribution in [0.1, 0.15) is 61.9 Å². The molecule has 2 aromatic carbocycles. The Bertz CT molecular complexity index is 1240. The summed E-state index contributed by atoms with van der Waals surface area (Å²) in [5, 5.41) is 5.36. The van der Waals surface area contributed by atoms with Gasteiger partial charge in [0.05, 0.1) is 0 Å². The first-order valence-corrected chi connectivity index (χ1v) is 12.2. The molecule has 0 aromatic heterocycles. The molecule has 2 aromatic rings. The average Bonchev–Trinajstić information content (AvgIpc) is 2.82. The van der Waals surface area contributed by atoms with Crippen LogP contribution in [0, 0.1) is 33.2 Å². The molecule has 4 N–H and O–H groups in total. The normalized spacial score (nSPS) is 12.4. The Balaban J connectivity index is 2.54. The third-order valence-electron chi connectivity index (χ3n) is 5.90. The fourth-order valence-electron chi connectivity index (χ4n) is 3.81. The summed E-state index contributed by atoms with van der Waals surface area (Å²) in [6, 6.07) is 12.4. The third kappa shape index (κ3) is 8.10. The van der Waals surface area contributed by atoms with E-state index < -0.39 is 41.5 Å². The number of primary amides is 1. The lowest BCUT2D eigenvalue weighted by Gasteiger charge is -2.31. The fraction of sp³-hybridized carbons (Fsp3) is 0.379. The number of benzene rings is 2. The van der Waals surface area contributed by atoms with Crippen LogP contribution in [-0.4, -0.2) is 40.4 Å². The van der Waals surface area contributed by atoms with Gasteiger partial charge in [-0.1, -0.05) is 42.8 Å². The number of nitrogens with two attached hydrogens (primary N) is 1. The van der Waals surface area contributed by atoms with E-state index >= 15 is 0 Å². The van der Waals surface area contributed by atoms with Gasteiger partial charge in [0, 0.05) is 18.2 Å². The van der Waals surface area contributed by atoms with Crippen LogP contribution in [0.5, 0.6) is 0 Å². The largest absolute Gasteiger partial charge is 0.444 e. The molecule has 0 saturated heterocycles. The summed E-state index contributed by atoms with van der Waals surface area (Å²) < 4.78 is 5.29. The van der Waals surface area contributed by atoms with Crippen molar-refractivity contribution in [2.45, 2.75) is 72.1 Å². The number of para-hydroxylation sites is 1. The summed E-state index contributed by atoms with van der Waals surface area (Å²) >= 11 is 0. The quantitative estimate of drug-likeness (QED) is 0.341. The summed E-state index contributed by atoms with van der Waals surface area (Å²) in [5.41, 5.74) is 8.06. The molecule has 2 atom stereocenters. The van der Waals surface area contributed by atoms with Gasteiger partial charge in [-0.3, -0.25) is 19.3 Å². The van der Waals surface area contributed by atoms with Crippen LogP contribution >= 0.6 is 0 Å². The van der Waals surface area contributed by atoms with E-state index in [0.29, 0.717) is 11.3 Å². The van der Waals surface area contributed by atoms with Crippen molar-refractivity contribution in [3.05, 3.63) is 64.7 Å². The molecule has 0 saturated carbocycles. The van der Waals surface area contributed by atoms with Gasteiger partial charge in [-0.25, -0.2) is 4.79 Å². The molecular formula is C29H36N4O5. The molecule has 0 aliphatic rings. The van der Waals surface area contributed by atoms with Crippen molar-refractivity contribution in [1.29, 1.82) is 0 Å². The van der Waals surface area contributed by atoms with E-state index in [4.69, 9.17) is 16.9 Å². The third-order valence-corrected chi connectivity index (χ3v) is 5.90. The molecule has 0 aliphatic heterocycles. The van der Waals surface area contributed by atoms with Gasteiger partial charge in [0.1, 0.15) is 17.7 Å². The minimum Gasteiger partial charge on any atom is -0.444 e. The van der Waals surface area contributed by atoms with Crippen LogP contribution < -0.4 is 16.4 Å². The van der Waals surface area contributed by atoms with Crippen LogP contribution in [-0.2, 0) is 19.1 Å². The topological polar surface area (TPSA) is 131 Å². The molecule has 38 heavy (non-hydrogen) atoms. The van der Waals surface area contributed by atoms with Gasteiger partial charge in [0.25, 0.3) is 11.8 Å². The number of terminal acetylenes is 1. The van der Waals surface area contributed by atoms with E-state index in [1.807, 2.05) is 39.0 Å². The van der Waals surface area contributed by atoms with Gasteiger partial charge in [0.2, 0.25) is 5.91 Å². The lowest BCUT2D eigenvalue weighted by Crippen LogP contribution is -2.51. The summed E-state index contributed by atoms with van der Waals surface area (Å²) in [6.45, 7) is 10.6. The van der Waals surface area contributed by atoms with Gasteiger partial charge in [0.15, 0.2) is 0 Å². The SMILES string of the molecule is C#CN(C(=O)C(CCC(N)=O)NC(=O)OC(C)(C)C)C(C(=O)Nc1ccccc1C)c1cccc(C)c1C. The monoisotopic (exact) mass is 520 g/mol. The van der Waals surface area contributed by atoms with Crippen molar-refractivity contribution >= 4 is 29.5 Å². The van der Waals surface area contributed by atoms with Gasteiger partial charge in [-0.05, 0) is 76.3 Å². The zero-order valence-electron chi connectivity index (χ0n) is 22.8. The minimum absolute atomic E-state index is 0.134. The zero-order valence-corrected chi connectivity index (χ0v) is 22.8. The number of anilines is 1. The second-order valence-corrected chi connectivity index (χ2v) is 10.0. The smallest absolute Gasteiger partial charge is 0.408 e. The molecule has 0 radical (unpaired) electrons. The summed E-state index contributed by atoms with van der Waals surface area (Å²) in [5.74, 6) is -1.96. The lowest BCUT2D eigenvalue weighted by atomic mass is 9.95. The Morgan fingerprint density at radius 1 is 1.03 bits per heavy atom.